The van der Waals surface area contributed by atoms with Gasteiger partial charge in [-0.3, -0.25) is 4.40 Å². The number of halogens is 1. The van der Waals surface area contributed by atoms with Crippen LogP contribution in [0.1, 0.15) is 5.69 Å². The molecule has 2 heterocycles. The van der Waals surface area contributed by atoms with Gasteiger partial charge >= 0.3 is 0 Å². The number of nitrogens with zero attached hydrogens (tertiary/aromatic N) is 2. The van der Waals surface area contributed by atoms with Crippen molar-refractivity contribution in [2.45, 2.75) is 6.54 Å². The summed E-state index contributed by atoms with van der Waals surface area (Å²) in [4.78, 5) is 5.41. The largest absolute Gasteiger partial charge is 0.379 e. The summed E-state index contributed by atoms with van der Waals surface area (Å²) in [5, 5.41) is 5.13. The van der Waals surface area contributed by atoms with Crippen LogP contribution in [0.15, 0.2) is 42.0 Å². The number of hydrogen-bond donors (Lipinski definition) is 1. The van der Waals surface area contributed by atoms with Crippen LogP contribution in [0.4, 0.5) is 10.1 Å². The van der Waals surface area contributed by atoms with Gasteiger partial charge in [-0.15, -0.1) is 11.3 Å². The highest BCUT2D eigenvalue weighted by molar-refractivity contribution is 7.15. The molecule has 0 atom stereocenters. The van der Waals surface area contributed by atoms with E-state index < -0.39 is 0 Å². The quantitative estimate of drug-likeness (QED) is 0.770. The average Bonchev–Trinajstić information content (AvgIpc) is 2.86. The zero-order valence-electron chi connectivity index (χ0n) is 8.93. The number of rotatable bonds is 3. The summed E-state index contributed by atoms with van der Waals surface area (Å²) in [7, 11) is 0. The summed E-state index contributed by atoms with van der Waals surface area (Å²) in [6.07, 6.45) is 3.94. The lowest BCUT2D eigenvalue weighted by molar-refractivity contribution is 0.628. The maximum Gasteiger partial charge on any atom is 0.193 e. The van der Waals surface area contributed by atoms with Gasteiger partial charge in [-0.25, -0.2) is 9.37 Å². The van der Waals surface area contributed by atoms with Crippen molar-refractivity contribution in [1.29, 1.82) is 0 Å². The van der Waals surface area contributed by atoms with E-state index >= 15 is 0 Å². The molecule has 0 saturated heterocycles. The van der Waals surface area contributed by atoms with Gasteiger partial charge in [0.1, 0.15) is 5.82 Å². The first-order valence-electron chi connectivity index (χ1n) is 5.22. The van der Waals surface area contributed by atoms with Crippen molar-refractivity contribution in [3.05, 3.63) is 53.6 Å². The van der Waals surface area contributed by atoms with Crippen molar-refractivity contribution in [1.82, 2.24) is 9.38 Å². The Morgan fingerprint density at radius 2 is 2.35 bits per heavy atom. The fourth-order valence-corrected chi connectivity index (χ4v) is 2.37. The minimum atomic E-state index is -0.235. The maximum atomic E-state index is 13.0. The molecule has 0 aliphatic carbocycles. The summed E-state index contributed by atoms with van der Waals surface area (Å²) in [6.45, 7) is 0.595. The molecule has 3 rings (SSSR count). The number of aromatic nitrogens is 2. The Balaban J connectivity index is 1.74. The van der Waals surface area contributed by atoms with Gasteiger partial charge in [0.15, 0.2) is 4.96 Å². The first kappa shape index (κ1) is 10.3. The van der Waals surface area contributed by atoms with Crippen molar-refractivity contribution in [3.8, 4) is 0 Å². The minimum absolute atomic E-state index is 0.235. The normalized spacial score (nSPS) is 10.9. The van der Waals surface area contributed by atoms with E-state index in [4.69, 9.17) is 0 Å². The summed E-state index contributed by atoms with van der Waals surface area (Å²) in [6, 6.07) is 6.42. The molecule has 2 aromatic heterocycles. The number of hydrogen-bond acceptors (Lipinski definition) is 3. The van der Waals surface area contributed by atoms with E-state index in [0.29, 0.717) is 6.54 Å². The molecule has 1 N–H and O–H groups in total. The van der Waals surface area contributed by atoms with Crippen LogP contribution in [0, 0.1) is 5.82 Å². The Kier molecular flexibility index (Phi) is 2.53. The van der Waals surface area contributed by atoms with Crippen molar-refractivity contribution in [2.75, 3.05) is 5.32 Å². The molecule has 17 heavy (non-hydrogen) atoms. The van der Waals surface area contributed by atoms with Gasteiger partial charge in [-0.05, 0) is 18.2 Å². The third-order valence-corrected chi connectivity index (χ3v) is 3.21. The molecule has 0 unspecified atom stereocenters. The fraction of sp³-hybridized carbons (Fsp3) is 0.0833. The third-order valence-electron chi connectivity index (χ3n) is 2.44. The highest BCUT2D eigenvalue weighted by Gasteiger charge is 2.02. The molecule has 3 nitrogen and oxygen atoms in total. The molecule has 0 fully saturated rings. The van der Waals surface area contributed by atoms with Crippen LogP contribution in [0.25, 0.3) is 4.96 Å². The Hall–Kier alpha value is -1.88. The molecule has 0 aliphatic heterocycles. The molecule has 0 aliphatic rings. The van der Waals surface area contributed by atoms with Crippen LogP contribution in [0.2, 0.25) is 0 Å². The maximum absolute atomic E-state index is 13.0. The molecule has 0 amide bonds. The predicted octanol–water partition coefficient (Wildman–Crippen LogP) is 3.15. The van der Waals surface area contributed by atoms with E-state index in [1.54, 1.807) is 17.4 Å². The number of imidazole rings is 1. The van der Waals surface area contributed by atoms with Crippen molar-refractivity contribution in [3.63, 3.8) is 0 Å². The van der Waals surface area contributed by atoms with E-state index in [-0.39, 0.29) is 5.82 Å². The number of thiazole rings is 1. The molecule has 0 radical (unpaired) electrons. The molecule has 5 heteroatoms. The number of benzene rings is 1. The summed E-state index contributed by atoms with van der Waals surface area (Å²) in [5.41, 5.74) is 1.71. The van der Waals surface area contributed by atoms with Gasteiger partial charge in [-0.1, -0.05) is 6.07 Å². The van der Waals surface area contributed by atoms with Crippen LogP contribution in [0.5, 0.6) is 0 Å². The molecule has 0 spiro atoms. The van der Waals surface area contributed by atoms with Gasteiger partial charge in [0.25, 0.3) is 0 Å². The second-order valence-electron chi connectivity index (χ2n) is 3.69. The molecule has 3 aromatic rings. The molecular formula is C12H10FN3S. The molecule has 0 bridgehead atoms. The van der Waals surface area contributed by atoms with Crippen molar-refractivity contribution in [2.24, 2.45) is 0 Å². The number of fused-ring (bicyclic) bond motifs is 1. The lowest BCUT2D eigenvalue weighted by Crippen LogP contribution is -1.99. The SMILES string of the molecule is Fc1cccc(NCc2cn3ccsc3n2)c1. The minimum Gasteiger partial charge on any atom is -0.379 e. The standard InChI is InChI=1S/C12H10FN3S/c13-9-2-1-3-10(6-9)14-7-11-8-16-4-5-17-12(16)15-11/h1-6,8,14H,7H2. The van der Waals surface area contributed by atoms with Crippen LogP contribution in [-0.2, 0) is 6.54 Å². The van der Waals surface area contributed by atoms with Crippen molar-refractivity contribution >= 4 is 22.0 Å². The summed E-state index contributed by atoms with van der Waals surface area (Å²) in [5.74, 6) is -0.235. The molecule has 86 valence electrons. The van der Waals surface area contributed by atoms with Gasteiger partial charge in [0, 0.05) is 23.5 Å². The zero-order chi connectivity index (χ0) is 11.7. The fourth-order valence-electron chi connectivity index (χ4n) is 1.65. The van der Waals surface area contributed by atoms with Gasteiger partial charge in [0.2, 0.25) is 0 Å². The van der Waals surface area contributed by atoms with E-state index in [1.807, 2.05) is 28.2 Å². The lowest BCUT2D eigenvalue weighted by atomic mass is 10.3. The van der Waals surface area contributed by atoms with E-state index in [0.717, 1.165) is 16.3 Å². The predicted molar refractivity (Wildman–Crippen MR) is 66.8 cm³/mol. The first-order chi connectivity index (χ1) is 8.31. The second kappa shape index (κ2) is 4.18. The third kappa shape index (κ3) is 2.14. The highest BCUT2D eigenvalue weighted by atomic mass is 32.1. The zero-order valence-corrected chi connectivity index (χ0v) is 9.75. The Labute approximate surface area is 102 Å². The molecule has 0 saturated carbocycles. The van der Waals surface area contributed by atoms with Crippen molar-refractivity contribution < 1.29 is 4.39 Å². The lowest BCUT2D eigenvalue weighted by Gasteiger charge is -2.03. The smallest absolute Gasteiger partial charge is 0.193 e. The van der Waals surface area contributed by atoms with Crippen LogP contribution < -0.4 is 5.32 Å². The second-order valence-corrected chi connectivity index (χ2v) is 4.56. The topological polar surface area (TPSA) is 29.3 Å². The van der Waals surface area contributed by atoms with Gasteiger partial charge < -0.3 is 5.32 Å². The van der Waals surface area contributed by atoms with Crippen LogP contribution in [-0.4, -0.2) is 9.38 Å². The highest BCUT2D eigenvalue weighted by Crippen LogP contribution is 2.14. The van der Waals surface area contributed by atoms with Gasteiger partial charge in [-0.2, -0.15) is 0 Å². The molecular weight excluding hydrogens is 237 g/mol. The molecule has 1 aromatic carbocycles. The van der Waals surface area contributed by atoms with Crippen LogP contribution >= 0.6 is 11.3 Å². The van der Waals surface area contributed by atoms with E-state index in [1.165, 1.54) is 12.1 Å². The van der Waals surface area contributed by atoms with E-state index in [9.17, 15) is 4.39 Å². The monoisotopic (exact) mass is 247 g/mol. The van der Waals surface area contributed by atoms with Gasteiger partial charge in [0.05, 0.1) is 12.2 Å². The Morgan fingerprint density at radius 3 is 3.18 bits per heavy atom. The first-order valence-corrected chi connectivity index (χ1v) is 6.10. The number of anilines is 1. The summed E-state index contributed by atoms with van der Waals surface area (Å²) < 4.78 is 14.9. The van der Waals surface area contributed by atoms with Crippen LogP contribution in [0.3, 0.4) is 0 Å². The Morgan fingerprint density at radius 1 is 1.41 bits per heavy atom. The average molecular weight is 247 g/mol. The summed E-state index contributed by atoms with van der Waals surface area (Å²) >= 11 is 1.60. The Bertz CT molecular complexity index is 615. The van der Waals surface area contributed by atoms with E-state index in [2.05, 4.69) is 10.3 Å². The number of nitrogens with one attached hydrogen (secondary N) is 1.